The molecule has 0 aliphatic rings. The maximum atomic E-state index is 4.55. The SMILES string of the molecule is CN=C(NCC(C)C)N(C)Cc1cn(C)nc1C(C)C.I. The summed E-state index contributed by atoms with van der Waals surface area (Å²) < 4.78 is 1.89. The minimum absolute atomic E-state index is 0. The Hall–Kier alpha value is -0.790. The second-order valence-electron chi connectivity index (χ2n) is 6.05. The lowest BCUT2D eigenvalue weighted by molar-refractivity contribution is 0.465. The number of rotatable bonds is 5. The highest BCUT2D eigenvalue weighted by Crippen LogP contribution is 2.18. The average Bonchev–Trinajstić information content (AvgIpc) is 2.70. The predicted molar refractivity (Wildman–Crippen MR) is 100 cm³/mol. The Balaban J connectivity index is 0.00000400. The maximum absolute atomic E-state index is 4.55. The Morgan fingerprint density at radius 2 is 2.00 bits per heavy atom. The van der Waals surface area contributed by atoms with Gasteiger partial charge in [-0.05, 0) is 11.8 Å². The summed E-state index contributed by atoms with van der Waals surface area (Å²) in [5, 5.41) is 7.95. The Morgan fingerprint density at radius 3 is 2.48 bits per heavy atom. The van der Waals surface area contributed by atoms with Crippen LogP contribution in [0.5, 0.6) is 0 Å². The van der Waals surface area contributed by atoms with Gasteiger partial charge in [0.25, 0.3) is 0 Å². The molecule has 0 unspecified atom stereocenters. The molecule has 0 spiro atoms. The van der Waals surface area contributed by atoms with E-state index in [4.69, 9.17) is 0 Å². The molecular formula is C15H30IN5. The van der Waals surface area contributed by atoms with Crippen molar-refractivity contribution in [2.24, 2.45) is 18.0 Å². The Morgan fingerprint density at radius 1 is 1.38 bits per heavy atom. The lowest BCUT2D eigenvalue weighted by Gasteiger charge is -2.23. The molecule has 0 saturated carbocycles. The van der Waals surface area contributed by atoms with E-state index in [0.29, 0.717) is 11.8 Å². The minimum atomic E-state index is 0. The lowest BCUT2D eigenvalue weighted by atomic mass is 10.1. The van der Waals surface area contributed by atoms with Crippen LogP contribution in [0.25, 0.3) is 0 Å². The van der Waals surface area contributed by atoms with Crippen molar-refractivity contribution in [2.75, 3.05) is 20.6 Å². The van der Waals surface area contributed by atoms with Gasteiger partial charge in [0.2, 0.25) is 0 Å². The van der Waals surface area contributed by atoms with Crippen LogP contribution in [0.3, 0.4) is 0 Å². The quantitative estimate of drug-likeness (QED) is 0.464. The van der Waals surface area contributed by atoms with E-state index in [0.717, 1.165) is 19.0 Å². The van der Waals surface area contributed by atoms with E-state index >= 15 is 0 Å². The summed E-state index contributed by atoms with van der Waals surface area (Å²) in [7, 11) is 5.86. The van der Waals surface area contributed by atoms with Crippen LogP contribution < -0.4 is 5.32 Å². The fourth-order valence-electron chi connectivity index (χ4n) is 2.17. The van der Waals surface area contributed by atoms with Gasteiger partial charge in [0, 0.05) is 46.0 Å². The largest absolute Gasteiger partial charge is 0.356 e. The molecule has 21 heavy (non-hydrogen) atoms. The van der Waals surface area contributed by atoms with Crippen LogP contribution in [0.1, 0.15) is 44.9 Å². The normalized spacial score (nSPS) is 11.8. The molecule has 0 amide bonds. The number of guanidine groups is 1. The van der Waals surface area contributed by atoms with Crippen molar-refractivity contribution in [3.8, 4) is 0 Å². The van der Waals surface area contributed by atoms with E-state index in [-0.39, 0.29) is 24.0 Å². The first kappa shape index (κ1) is 20.2. The van der Waals surface area contributed by atoms with Crippen molar-refractivity contribution >= 4 is 29.9 Å². The molecule has 1 aromatic rings. The van der Waals surface area contributed by atoms with Gasteiger partial charge in [0.15, 0.2) is 5.96 Å². The van der Waals surface area contributed by atoms with E-state index in [1.807, 2.05) is 18.8 Å². The number of halogens is 1. The molecule has 122 valence electrons. The molecule has 0 aliphatic carbocycles. The van der Waals surface area contributed by atoms with Crippen LogP contribution in [0.2, 0.25) is 0 Å². The number of nitrogens with zero attached hydrogens (tertiary/aromatic N) is 4. The zero-order valence-electron chi connectivity index (χ0n) is 14.3. The molecule has 1 N–H and O–H groups in total. The molecule has 0 saturated heterocycles. The van der Waals surface area contributed by atoms with Crippen molar-refractivity contribution < 1.29 is 0 Å². The number of nitrogens with one attached hydrogen (secondary N) is 1. The third-order valence-electron chi connectivity index (χ3n) is 3.13. The smallest absolute Gasteiger partial charge is 0.193 e. The van der Waals surface area contributed by atoms with E-state index < -0.39 is 0 Å². The first-order chi connectivity index (χ1) is 9.35. The van der Waals surface area contributed by atoms with Gasteiger partial charge in [-0.15, -0.1) is 24.0 Å². The topological polar surface area (TPSA) is 45.5 Å². The van der Waals surface area contributed by atoms with Gasteiger partial charge >= 0.3 is 0 Å². The molecule has 1 heterocycles. The van der Waals surface area contributed by atoms with Gasteiger partial charge in [-0.1, -0.05) is 27.7 Å². The summed E-state index contributed by atoms with van der Waals surface area (Å²) in [5.74, 6) is 1.97. The number of hydrogen-bond acceptors (Lipinski definition) is 2. The van der Waals surface area contributed by atoms with Crippen LogP contribution in [-0.2, 0) is 13.6 Å². The average molecular weight is 407 g/mol. The van der Waals surface area contributed by atoms with Gasteiger partial charge in [-0.25, -0.2) is 0 Å². The zero-order chi connectivity index (χ0) is 15.3. The molecule has 0 atom stereocenters. The standard InChI is InChI=1S/C15H29N5.HI/c1-11(2)8-17-15(16-5)19(6)9-13-10-20(7)18-14(13)12(3)4;/h10-12H,8-9H2,1-7H3,(H,16,17);1H. The zero-order valence-corrected chi connectivity index (χ0v) is 16.7. The first-order valence-corrected chi connectivity index (χ1v) is 7.29. The fraction of sp³-hybridized carbons (Fsp3) is 0.733. The van der Waals surface area contributed by atoms with Gasteiger partial charge < -0.3 is 10.2 Å². The number of aryl methyl sites for hydroxylation is 1. The molecule has 0 aromatic carbocycles. The maximum Gasteiger partial charge on any atom is 0.193 e. The summed E-state index contributed by atoms with van der Waals surface area (Å²) >= 11 is 0. The fourth-order valence-corrected chi connectivity index (χ4v) is 2.17. The first-order valence-electron chi connectivity index (χ1n) is 7.29. The van der Waals surface area contributed by atoms with E-state index in [2.05, 4.69) is 61.2 Å². The Bertz CT molecular complexity index is 451. The van der Waals surface area contributed by atoms with Crippen molar-refractivity contribution in [3.63, 3.8) is 0 Å². The van der Waals surface area contributed by atoms with Crippen LogP contribution in [0.4, 0.5) is 0 Å². The molecular weight excluding hydrogens is 377 g/mol. The van der Waals surface area contributed by atoms with Gasteiger partial charge in [-0.3, -0.25) is 9.67 Å². The molecule has 1 rings (SSSR count). The van der Waals surface area contributed by atoms with Crippen LogP contribution in [0.15, 0.2) is 11.2 Å². The summed E-state index contributed by atoms with van der Waals surface area (Å²) in [5.41, 5.74) is 2.43. The summed E-state index contributed by atoms with van der Waals surface area (Å²) in [6.45, 7) is 10.5. The molecule has 0 radical (unpaired) electrons. The second kappa shape index (κ2) is 9.27. The molecule has 1 aromatic heterocycles. The Labute approximate surface area is 146 Å². The van der Waals surface area contributed by atoms with E-state index in [1.54, 1.807) is 0 Å². The number of aromatic nitrogens is 2. The Kier molecular flexibility index (Phi) is 8.92. The van der Waals surface area contributed by atoms with E-state index in [1.165, 1.54) is 11.3 Å². The second-order valence-corrected chi connectivity index (χ2v) is 6.05. The van der Waals surface area contributed by atoms with Crippen LogP contribution in [0, 0.1) is 5.92 Å². The number of hydrogen-bond donors (Lipinski definition) is 1. The summed E-state index contributed by atoms with van der Waals surface area (Å²) in [6.07, 6.45) is 2.10. The van der Waals surface area contributed by atoms with Crippen molar-refractivity contribution in [1.29, 1.82) is 0 Å². The monoisotopic (exact) mass is 407 g/mol. The summed E-state index contributed by atoms with van der Waals surface area (Å²) in [4.78, 5) is 6.49. The van der Waals surface area contributed by atoms with Crippen molar-refractivity contribution in [1.82, 2.24) is 20.0 Å². The molecule has 6 heteroatoms. The van der Waals surface area contributed by atoms with Crippen LogP contribution >= 0.6 is 24.0 Å². The van der Waals surface area contributed by atoms with Crippen molar-refractivity contribution in [3.05, 3.63) is 17.5 Å². The summed E-state index contributed by atoms with van der Waals surface area (Å²) in [6, 6.07) is 0. The van der Waals surface area contributed by atoms with E-state index in [9.17, 15) is 0 Å². The van der Waals surface area contributed by atoms with Crippen molar-refractivity contribution in [2.45, 2.75) is 40.2 Å². The number of aliphatic imine (C=N–C) groups is 1. The highest BCUT2D eigenvalue weighted by atomic mass is 127. The molecule has 0 bridgehead atoms. The highest BCUT2D eigenvalue weighted by molar-refractivity contribution is 14.0. The third-order valence-corrected chi connectivity index (χ3v) is 3.13. The highest BCUT2D eigenvalue weighted by Gasteiger charge is 2.15. The van der Waals surface area contributed by atoms with Gasteiger partial charge in [0.1, 0.15) is 0 Å². The van der Waals surface area contributed by atoms with Crippen LogP contribution in [-0.4, -0.2) is 41.3 Å². The molecule has 0 aliphatic heterocycles. The minimum Gasteiger partial charge on any atom is -0.356 e. The predicted octanol–water partition coefficient (Wildman–Crippen LogP) is 2.82. The molecule has 0 fully saturated rings. The van der Waals surface area contributed by atoms with Gasteiger partial charge in [0.05, 0.1) is 5.69 Å². The molecule has 5 nitrogen and oxygen atoms in total. The van der Waals surface area contributed by atoms with Gasteiger partial charge in [-0.2, -0.15) is 5.10 Å². The third kappa shape index (κ3) is 6.23. The lowest BCUT2D eigenvalue weighted by Crippen LogP contribution is -2.40.